The number of halogens is 1. The SMILES string of the molecule is O=S.[LiH].[O]=[Al][Cl]. The first-order chi connectivity index (χ1) is 2.41. The van der Waals surface area contributed by atoms with E-state index in [-0.39, 0.29) is 18.9 Å². The van der Waals surface area contributed by atoms with E-state index in [1.54, 1.807) is 0 Å². The predicted molar refractivity (Wildman–Crippen MR) is 27.6 cm³/mol. The van der Waals surface area contributed by atoms with E-state index in [0.717, 1.165) is 0 Å². The van der Waals surface area contributed by atoms with Crippen LogP contribution in [-0.2, 0) is 16.3 Å². The van der Waals surface area contributed by atoms with Crippen LogP contribution in [0.15, 0.2) is 0 Å². The van der Waals surface area contributed by atoms with Crippen LogP contribution in [0.3, 0.4) is 0 Å². The van der Waals surface area contributed by atoms with Crippen molar-refractivity contribution in [3.8, 4) is 0 Å². The molecule has 0 amide bonds. The molecule has 6 heavy (non-hydrogen) atoms. The minimum absolute atomic E-state index is 0. The summed E-state index contributed by atoms with van der Waals surface area (Å²) in [5, 5.41) is 0. The summed E-state index contributed by atoms with van der Waals surface area (Å²) in [6.07, 6.45) is 0. The molecule has 2 nitrogen and oxygen atoms in total. The Morgan fingerprint density at radius 2 is 1.50 bits per heavy atom. The molecule has 0 aromatic carbocycles. The Bertz CT molecular complexity index is 27.5. The summed E-state index contributed by atoms with van der Waals surface area (Å²) < 4.78 is 16.6. The van der Waals surface area contributed by atoms with Crippen molar-refractivity contribution in [3.05, 3.63) is 0 Å². The maximum atomic E-state index is 8.78. The quantitative estimate of drug-likeness (QED) is 0.407. The van der Waals surface area contributed by atoms with E-state index in [4.69, 9.17) is 8.01 Å². The van der Waals surface area contributed by atoms with Gasteiger partial charge in [0, 0.05) is 0 Å². The fourth-order valence-electron chi connectivity index (χ4n) is 0. The summed E-state index contributed by atoms with van der Waals surface area (Å²) >= 11 is 1.81. The van der Waals surface area contributed by atoms with Gasteiger partial charge in [0.05, 0.1) is 0 Å². The van der Waals surface area contributed by atoms with E-state index in [9.17, 15) is 0 Å². The van der Waals surface area contributed by atoms with Crippen molar-refractivity contribution < 1.29 is 8.01 Å². The zero-order valence-corrected chi connectivity index (χ0v) is 4.91. The van der Waals surface area contributed by atoms with Gasteiger partial charge >= 0.3 is 46.9 Å². The second-order valence-corrected chi connectivity index (χ2v) is 0.802. The molecule has 0 heterocycles. The summed E-state index contributed by atoms with van der Waals surface area (Å²) in [5.74, 6) is 0. The van der Waals surface area contributed by atoms with Gasteiger partial charge in [-0.2, -0.15) is 4.21 Å². The van der Waals surface area contributed by atoms with Crippen molar-refractivity contribution in [2.45, 2.75) is 0 Å². The predicted octanol–water partition coefficient (Wildman–Crippen LogP) is -0.795. The van der Waals surface area contributed by atoms with Gasteiger partial charge < -0.3 is 0 Å². The molecule has 0 spiro atoms. The van der Waals surface area contributed by atoms with Gasteiger partial charge in [-0.15, -0.1) is 0 Å². The molecule has 0 saturated carbocycles. The van der Waals surface area contributed by atoms with Crippen LogP contribution in [0.5, 0.6) is 0 Å². The normalized spacial score (nSPS) is 2.17. The van der Waals surface area contributed by atoms with Gasteiger partial charge in [-0.3, -0.25) is 0 Å². The van der Waals surface area contributed by atoms with Crippen LogP contribution in [0, 0.1) is 0 Å². The average molecular weight is 134 g/mol. The second kappa shape index (κ2) is 34.1. The molecule has 0 radical (unpaired) electrons. The third-order valence-electron chi connectivity index (χ3n) is 0. The van der Waals surface area contributed by atoms with Crippen LogP contribution in [0.25, 0.3) is 0 Å². The van der Waals surface area contributed by atoms with Gasteiger partial charge in [-0.25, -0.2) is 0 Å². The molecule has 30 valence electrons. The fraction of sp³-hybridized carbons (Fsp3) is 0. The number of hydrogen-bond donors (Lipinski definition) is 0. The minimum atomic E-state index is -1.03. The summed E-state index contributed by atoms with van der Waals surface area (Å²) in [5.41, 5.74) is 0. The Kier molecular flexibility index (Phi) is 89.2. The Morgan fingerprint density at radius 3 is 1.50 bits per heavy atom. The maximum absolute atomic E-state index is 8.78. The zero-order valence-electron chi connectivity index (χ0n) is 2.18. The van der Waals surface area contributed by atoms with Gasteiger partial charge in [-0.05, 0) is 0 Å². The molecule has 0 aromatic rings. The van der Waals surface area contributed by atoms with E-state index in [1.165, 1.54) is 0 Å². The number of hydrogen-bond acceptors (Lipinski definition) is 3. The molecule has 0 N–H and O–H groups in total. The van der Waals surface area contributed by atoms with E-state index in [1.807, 2.05) is 0 Å². The molecule has 0 aliphatic rings. The average Bonchev–Trinajstić information content (AvgIpc) is 1.46. The molecule has 6 heteroatoms. The van der Waals surface area contributed by atoms with Crippen molar-refractivity contribution in [1.29, 1.82) is 0 Å². The molecule has 0 bridgehead atoms. The van der Waals surface area contributed by atoms with Crippen LogP contribution in [0.4, 0.5) is 0 Å². The van der Waals surface area contributed by atoms with Crippen LogP contribution in [0.1, 0.15) is 0 Å². The first kappa shape index (κ1) is 15.7. The molecule has 0 atom stereocenters. The Morgan fingerprint density at radius 1 is 1.50 bits per heavy atom. The van der Waals surface area contributed by atoms with E-state index in [0.29, 0.717) is 0 Å². The number of rotatable bonds is 0. The molecule has 0 aliphatic heterocycles. The molecular weight excluding hydrogens is 133 g/mol. The summed E-state index contributed by atoms with van der Waals surface area (Å²) in [7, 11) is 4.53. The van der Waals surface area contributed by atoms with Crippen LogP contribution in [0.2, 0.25) is 0 Å². The topological polar surface area (TPSA) is 34.1 Å². The van der Waals surface area contributed by atoms with Crippen LogP contribution < -0.4 is 0 Å². The van der Waals surface area contributed by atoms with E-state index >= 15 is 0 Å². The molecule has 0 saturated heterocycles. The van der Waals surface area contributed by atoms with Gasteiger partial charge in [0.25, 0.3) is 0 Å². The Hall–Kier alpha value is 1.24. The van der Waals surface area contributed by atoms with E-state index < -0.39 is 14.2 Å². The molecule has 0 fully saturated rings. The standard InChI is InChI=1S/Al.ClH.Li.OS.O.H/c;;;1-2;;/h;1H;;;;/q+1;;;;;/p-1. The van der Waals surface area contributed by atoms with Crippen LogP contribution >= 0.6 is 10.0 Å². The third kappa shape index (κ3) is 61.3. The molecule has 0 aromatic heterocycles. The fourth-order valence-corrected chi connectivity index (χ4v) is 0. The zero-order chi connectivity index (χ0) is 4.71. The van der Waals surface area contributed by atoms with Crippen molar-refractivity contribution in [3.63, 3.8) is 0 Å². The molecular formula is HAlClLiO2S. The molecule has 0 unspecified atom stereocenters. The summed E-state index contributed by atoms with van der Waals surface area (Å²) in [6, 6.07) is 0. The first-order valence-electron chi connectivity index (χ1n) is 0.621. The first-order valence-corrected chi connectivity index (χ1v) is 3.17. The van der Waals surface area contributed by atoms with Gasteiger partial charge in [0.1, 0.15) is 0 Å². The van der Waals surface area contributed by atoms with Crippen LogP contribution in [-0.4, -0.2) is 37.3 Å². The van der Waals surface area contributed by atoms with Gasteiger partial charge in [0.2, 0.25) is 0 Å². The van der Waals surface area contributed by atoms with Crippen molar-refractivity contribution in [1.82, 2.24) is 0 Å². The van der Waals surface area contributed by atoms with Gasteiger partial charge in [0.15, 0.2) is 12.5 Å². The summed E-state index contributed by atoms with van der Waals surface area (Å²) in [6.45, 7) is 0. The monoisotopic (exact) mass is 134 g/mol. The Balaban J connectivity index is -0.0000000275. The van der Waals surface area contributed by atoms with Gasteiger partial charge in [-0.1, -0.05) is 0 Å². The third-order valence-corrected chi connectivity index (χ3v) is 0. The Labute approximate surface area is 63.5 Å². The van der Waals surface area contributed by atoms with Crippen molar-refractivity contribution in [2.75, 3.05) is 0 Å². The molecule has 0 rings (SSSR count). The second-order valence-electron chi connectivity index (χ2n) is 0.0891. The van der Waals surface area contributed by atoms with Crippen molar-refractivity contribution >= 4 is 55.7 Å². The van der Waals surface area contributed by atoms with E-state index in [2.05, 4.69) is 22.6 Å². The summed E-state index contributed by atoms with van der Waals surface area (Å²) in [4.78, 5) is 0. The van der Waals surface area contributed by atoms with Crippen molar-refractivity contribution in [2.24, 2.45) is 0 Å². The molecule has 0 aliphatic carbocycles.